The first kappa shape index (κ1) is 13.8. The van der Waals surface area contributed by atoms with Gasteiger partial charge in [0, 0.05) is 23.1 Å². The number of methoxy groups -OCH3 is 1. The molecule has 0 unspecified atom stereocenters. The quantitative estimate of drug-likeness (QED) is 0.623. The predicted molar refractivity (Wildman–Crippen MR) is 73.0 cm³/mol. The van der Waals surface area contributed by atoms with E-state index in [0.29, 0.717) is 22.6 Å². The van der Waals surface area contributed by atoms with E-state index in [1.165, 1.54) is 13.2 Å². The van der Waals surface area contributed by atoms with Gasteiger partial charge in [0.25, 0.3) is 0 Å². The molecular formula is C13H10N2O4S. The minimum absolute atomic E-state index is 0.0791. The summed E-state index contributed by atoms with van der Waals surface area (Å²) in [5, 5.41) is 21.1. The van der Waals surface area contributed by atoms with Crippen LogP contribution in [0.5, 0.6) is 11.5 Å². The molecule has 0 N–H and O–H groups in total. The Morgan fingerprint density at radius 3 is 2.80 bits per heavy atom. The zero-order valence-corrected chi connectivity index (χ0v) is 11.3. The lowest BCUT2D eigenvalue weighted by molar-refractivity contribution is -0.380. The van der Waals surface area contributed by atoms with Gasteiger partial charge in [-0.25, -0.2) is 0 Å². The Labute approximate surface area is 118 Å². The van der Waals surface area contributed by atoms with Crippen LogP contribution in [0.2, 0.25) is 0 Å². The summed E-state index contributed by atoms with van der Waals surface area (Å²) in [4.78, 5) is 10.1. The molecule has 0 saturated carbocycles. The van der Waals surface area contributed by atoms with Crippen molar-refractivity contribution >= 4 is 16.3 Å². The van der Waals surface area contributed by atoms with Crippen LogP contribution in [0.15, 0.2) is 29.6 Å². The first-order valence-electron chi connectivity index (χ1n) is 5.56. The third-order valence-electron chi connectivity index (χ3n) is 2.51. The first-order valence-corrected chi connectivity index (χ1v) is 6.44. The van der Waals surface area contributed by atoms with Gasteiger partial charge in [0.1, 0.15) is 6.61 Å². The zero-order valence-electron chi connectivity index (χ0n) is 10.5. The molecule has 1 heterocycles. The van der Waals surface area contributed by atoms with Crippen LogP contribution in [0.3, 0.4) is 0 Å². The van der Waals surface area contributed by atoms with Crippen LogP contribution in [-0.4, -0.2) is 12.0 Å². The standard InChI is InChI=1S/C13H10N2O4S/c1-18-12-4-9(6-14)2-3-11(12)19-7-10-5-13(15(16)17)20-8-10/h2-5,8H,7H2,1H3. The Morgan fingerprint density at radius 1 is 1.40 bits per heavy atom. The summed E-state index contributed by atoms with van der Waals surface area (Å²) in [7, 11) is 1.48. The third kappa shape index (κ3) is 3.05. The second-order valence-electron chi connectivity index (χ2n) is 3.82. The van der Waals surface area contributed by atoms with E-state index in [-0.39, 0.29) is 11.6 Å². The molecule has 0 radical (unpaired) electrons. The van der Waals surface area contributed by atoms with E-state index in [9.17, 15) is 10.1 Å². The average Bonchev–Trinajstić information content (AvgIpc) is 2.94. The number of ether oxygens (including phenoxy) is 2. The van der Waals surface area contributed by atoms with Crippen molar-refractivity contribution < 1.29 is 14.4 Å². The normalized spacial score (nSPS) is 9.80. The molecule has 1 aromatic carbocycles. The molecular weight excluding hydrogens is 280 g/mol. The van der Waals surface area contributed by atoms with Gasteiger partial charge in [-0.05, 0) is 12.1 Å². The second kappa shape index (κ2) is 6.04. The Kier molecular flexibility index (Phi) is 4.17. The topological polar surface area (TPSA) is 85.4 Å². The molecule has 1 aromatic heterocycles. The maximum atomic E-state index is 10.6. The summed E-state index contributed by atoms with van der Waals surface area (Å²) >= 11 is 1.06. The lowest BCUT2D eigenvalue weighted by Gasteiger charge is -2.09. The van der Waals surface area contributed by atoms with Gasteiger partial charge in [0.15, 0.2) is 11.5 Å². The Morgan fingerprint density at radius 2 is 2.20 bits per heavy atom. The lowest BCUT2D eigenvalue weighted by atomic mass is 10.2. The van der Waals surface area contributed by atoms with Crippen molar-refractivity contribution in [2.75, 3.05) is 7.11 Å². The van der Waals surface area contributed by atoms with E-state index < -0.39 is 4.92 Å². The van der Waals surface area contributed by atoms with E-state index >= 15 is 0 Å². The van der Waals surface area contributed by atoms with E-state index in [0.717, 1.165) is 11.3 Å². The first-order chi connectivity index (χ1) is 9.63. The van der Waals surface area contributed by atoms with Gasteiger partial charge < -0.3 is 9.47 Å². The van der Waals surface area contributed by atoms with Gasteiger partial charge in [-0.3, -0.25) is 10.1 Å². The molecule has 0 atom stereocenters. The zero-order chi connectivity index (χ0) is 14.5. The van der Waals surface area contributed by atoms with Crippen LogP contribution in [0.4, 0.5) is 5.00 Å². The molecule has 0 amide bonds. The highest BCUT2D eigenvalue weighted by atomic mass is 32.1. The molecule has 0 saturated heterocycles. The van der Waals surface area contributed by atoms with Crippen LogP contribution in [0.1, 0.15) is 11.1 Å². The van der Waals surface area contributed by atoms with Crippen molar-refractivity contribution in [2.45, 2.75) is 6.61 Å². The minimum atomic E-state index is -0.434. The molecule has 0 aliphatic heterocycles. The molecule has 0 aliphatic carbocycles. The summed E-state index contributed by atoms with van der Waals surface area (Å²) in [6.45, 7) is 0.201. The highest BCUT2D eigenvalue weighted by Gasteiger charge is 2.11. The highest BCUT2D eigenvalue weighted by molar-refractivity contribution is 7.13. The second-order valence-corrected chi connectivity index (χ2v) is 4.71. The number of nitrogens with zero attached hydrogens (tertiary/aromatic N) is 2. The van der Waals surface area contributed by atoms with Crippen molar-refractivity contribution in [3.8, 4) is 17.6 Å². The number of nitro groups is 1. The van der Waals surface area contributed by atoms with Gasteiger partial charge >= 0.3 is 5.00 Å². The van der Waals surface area contributed by atoms with Crippen molar-refractivity contribution in [1.82, 2.24) is 0 Å². The molecule has 2 rings (SSSR count). The summed E-state index contributed by atoms with van der Waals surface area (Å²) in [6.07, 6.45) is 0. The Balaban J connectivity index is 2.10. The smallest absolute Gasteiger partial charge is 0.324 e. The fraction of sp³-hybridized carbons (Fsp3) is 0.154. The fourth-order valence-corrected chi connectivity index (χ4v) is 2.27. The number of nitriles is 1. The maximum absolute atomic E-state index is 10.6. The third-order valence-corrected chi connectivity index (χ3v) is 3.44. The Hall–Kier alpha value is -2.59. The van der Waals surface area contributed by atoms with Gasteiger partial charge in [-0.2, -0.15) is 5.26 Å². The van der Waals surface area contributed by atoms with E-state index in [2.05, 4.69) is 0 Å². The monoisotopic (exact) mass is 290 g/mol. The predicted octanol–water partition coefficient (Wildman–Crippen LogP) is 3.12. The summed E-state index contributed by atoms with van der Waals surface area (Å²) in [5.41, 5.74) is 1.19. The van der Waals surface area contributed by atoms with Crippen LogP contribution in [-0.2, 0) is 6.61 Å². The number of rotatable bonds is 5. The molecule has 7 heteroatoms. The molecule has 0 bridgehead atoms. The number of thiophene rings is 1. The molecule has 2 aromatic rings. The van der Waals surface area contributed by atoms with E-state index in [1.807, 2.05) is 6.07 Å². The van der Waals surface area contributed by atoms with Crippen LogP contribution < -0.4 is 9.47 Å². The fourth-order valence-electron chi connectivity index (χ4n) is 1.55. The molecule has 20 heavy (non-hydrogen) atoms. The molecule has 6 nitrogen and oxygen atoms in total. The number of hydrogen-bond donors (Lipinski definition) is 0. The Bertz CT molecular complexity index is 675. The molecule has 0 aliphatic rings. The van der Waals surface area contributed by atoms with Crippen molar-refractivity contribution in [3.05, 3.63) is 50.9 Å². The average molecular weight is 290 g/mol. The highest BCUT2D eigenvalue weighted by Crippen LogP contribution is 2.29. The van der Waals surface area contributed by atoms with Crippen LogP contribution >= 0.6 is 11.3 Å². The number of hydrogen-bond acceptors (Lipinski definition) is 6. The summed E-state index contributed by atoms with van der Waals surface area (Å²) in [6, 6.07) is 8.31. The van der Waals surface area contributed by atoms with Gasteiger partial charge in [-0.1, -0.05) is 11.3 Å². The lowest BCUT2D eigenvalue weighted by Crippen LogP contribution is -1.97. The minimum Gasteiger partial charge on any atom is -0.493 e. The van der Waals surface area contributed by atoms with Crippen molar-refractivity contribution in [3.63, 3.8) is 0 Å². The molecule has 102 valence electrons. The largest absolute Gasteiger partial charge is 0.493 e. The van der Waals surface area contributed by atoms with Crippen LogP contribution in [0, 0.1) is 21.4 Å². The summed E-state index contributed by atoms with van der Waals surface area (Å²) in [5.74, 6) is 0.939. The van der Waals surface area contributed by atoms with Gasteiger partial charge in [0.05, 0.1) is 23.7 Å². The van der Waals surface area contributed by atoms with Crippen molar-refractivity contribution in [2.24, 2.45) is 0 Å². The van der Waals surface area contributed by atoms with Crippen LogP contribution in [0.25, 0.3) is 0 Å². The maximum Gasteiger partial charge on any atom is 0.324 e. The SMILES string of the molecule is COc1cc(C#N)ccc1OCc1csc([N+](=O)[O-])c1. The number of benzene rings is 1. The van der Waals surface area contributed by atoms with Gasteiger partial charge in [-0.15, -0.1) is 0 Å². The molecule has 0 spiro atoms. The van der Waals surface area contributed by atoms with Crippen molar-refractivity contribution in [1.29, 1.82) is 5.26 Å². The summed E-state index contributed by atoms with van der Waals surface area (Å²) < 4.78 is 10.7. The molecule has 0 fully saturated rings. The van der Waals surface area contributed by atoms with E-state index in [4.69, 9.17) is 14.7 Å². The van der Waals surface area contributed by atoms with E-state index in [1.54, 1.807) is 23.6 Å². The van der Waals surface area contributed by atoms with Gasteiger partial charge in [0.2, 0.25) is 0 Å².